The van der Waals surface area contributed by atoms with Crippen molar-refractivity contribution >= 4 is 34.9 Å². The molecule has 0 aliphatic carbocycles. The van der Waals surface area contributed by atoms with Crippen molar-refractivity contribution in [1.29, 1.82) is 0 Å². The standard InChI is InChI=1S/C22H21N3O3S2/c1-28-18-9-5-8-16(10-18)22(27)25-14-29-13-19(25)20(26)23-11-17-12-30-21(24-17)15-6-3-2-4-7-15/h2-10,12,19H,11,13-14H2,1H3,(H,23,26)/t19-/m1/s1. The Labute approximate surface area is 183 Å². The highest BCUT2D eigenvalue weighted by molar-refractivity contribution is 7.99. The Balaban J connectivity index is 1.39. The first kappa shape index (κ1) is 20.4. The van der Waals surface area contributed by atoms with Gasteiger partial charge in [-0.15, -0.1) is 23.1 Å². The predicted octanol–water partition coefficient (Wildman–Crippen LogP) is 3.65. The molecule has 0 spiro atoms. The molecule has 1 N–H and O–H groups in total. The molecule has 30 heavy (non-hydrogen) atoms. The van der Waals surface area contributed by atoms with Crippen molar-refractivity contribution in [1.82, 2.24) is 15.2 Å². The van der Waals surface area contributed by atoms with E-state index in [-0.39, 0.29) is 11.8 Å². The molecule has 1 aliphatic rings. The summed E-state index contributed by atoms with van der Waals surface area (Å²) in [6.07, 6.45) is 0. The van der Waals surface area contributed by atoms with E-state index in [0.717, 1.165) is 16.3 Å². The number of nitrogens with one attached hydrogen (secondary N) is 1. The zero-order valence-corrected chi connectivity index (χ0v) is 18.0. The topological polar surface area (TPSA) is 71.5 Å². The molecular formula is C22H21N3O3S2. The largest absolute Gasteiger partial charge is 0.497 e. The number of carbonyl (C=O) groups is 2. The van der Waals surface area contributed by atoms with E-state index in [0.29, 0.717) is 29.5 Å². The number of methoxy groups -OCH3 is 1. The Bertz CT molecular complexity index is 1040. The smallest absolute Gasteiger partial charge is 0.255 e. The second kappa shape index (κ2) is 9.32. The number of nitrogens with zero attached hydrogens (tertiary/aromatic N) is 2. The van der Waals surface area contributed by atoms with Crippen LogP contribution in [0.4, 0.5) is 0 Å². The molecule has 0 radical (unpaired) electrons. The minimum atomic E-state index is -0.499. The van der Waals surface area contributed by atoms with Gasteiger partial charge in [-0.3, -0.25) is 9.59 Å². The lowest BCUT2D eigenvalue weighted by Crippen LogP contribution is -2.47. The summed E-state index contributed by atoms with van der Waals surface area (Å²) in [6.45, 7) is 0.338. The summed E-state index contributed by atoms with van der Waals surface area (Å²) in [5.41, 5.74) is 2.38. The number of thiazole rings is 1. The van der Waals surface area contributed by atoms with Gasteiger partial charge in [-0.1, -0.05) is 36.4 Å². The van der Waals surface area contributed by atoms with Crippen LogP contribution in [-0.2, 0) is 11.3 Å². The molecule has 6 nitrogen and oxygen atoms in total. The maximum absolute atomic E-state index is 12.9. The van der Waals surface area contributed by atoms with E-state index >= 15 is 0 Å². The van der Waals surface area contributed by atoms with Crippen LogP contribution < -0.4 is 10.1 Å². The lowest BCUT2D eigenvalue weighted by atomic mass is 10.1. The van der Waals surface area contributed by atoms with Crippen LogP contribution >= 0.6 is 23.1 Å². The molecule has 1 atom stereocenters. The molecule has 2 amide bonds. The Kier molecular flexibility index (Phi) is 6.35. The highest BCUT2D eigenvalue weighted by atomic mass is 32.2. The maximum atomic E-state index is 12.9. The van der Waals surface area contributed by atoms with E-state index in [1.165, 1.54) is 0 Å². The molecule has 0 bridgehead atoms. The number of carbonyl (C=O) groups excluding carboxylic acids is 2. The fourth-order valence-electron chi connectivity index (χ4n) is 3.18. The normalized spacial score (nSPS) is 15.8. The van der Waals surface area contributed by atoms with Gasteiger partial charge in [-0.2, -0.15) is 0 Å². The molecule has 1 aromatic heterocycles. The number of hydrogen-bond donors (Lipinski definition) is 1. The fraction of sp³-hybridized carbons (Fsp3) is 0.227. The van der Waals surface area contributed by atoms with Crippen molar-refractivity contribution in [3.05, 3.63) is 71.2 Å². The van der Waals surface area contributed by atoms with Crippen LogP contribution in [0.15, 0.2) is 60.0 Å². The number of thioether (sulfide) groups is 1. The molecular weight excluding hydrogens is 418 g/mol. The number of ether oxygens (including phenoxy) is 1. The average molecular weight is 440 g/mol. The summed E-state index contributed by atoms with van der Waals surface area (Å²) in [7, 11) is 1.56. The predicted molar refractivity (Wildman–Crippen MR) is 120 cm³/mol. The summed E-state index contributed by atoms with van der Waals surface area (Å²) in [5, 5.41) is 5.81. The van der Waals surface area contributed by atoms with Gasteiger partial charge in [0.15, 0.2) is 0 Å². The molecule has 3 aromatic rings. The summed E-state index contributed by atoms with van der Waals surface area (Å²) in [5.74, 6) is 1.35. The molecule has 1 aliphatic heterocycles. The first-order valence-corrected chi connectivity index (χ1v) is 11.5. The van der Waals surface area contributed by atoms with E-state index in [4.69, 9.17) is 4.74 Å². The molecule has 0 saturated carbocycles. The minimum Gasteiger partial charge on any atom is -0.497 e. The van der Waals surface area contributed by atoms with E-state index < -0.39 is 6.04 Å². The number of amides is 2. The summed E-state index contributed by atoms with van der Waals surface area (Å²) < 4.78 is 5.20. The molecule has 0 unspecified atom stereocenters. The molecule has 2 heterocycles. The lowest BCUT2D eigenvalue weighted by Gasteiger charge is -2.23. The first-order chi connectivity index (χ1) is 14.7. The number of aromatic nitrogens is 1. The van der Waals surface area contributed by atoms with E-state index in [1.54, 1.807) is 59.4 Å². The molecule has 1 fully saturated rings. The van der Waals surface area contributed by atoms with Crippen LogP contribution in [0.25, 0.3) is 10.6 Å². The molecule has 4 rings (SSSR count). The summed E-state index contributed by atoms with van der Waals surface area (Å²) in [6, 6.07) is 16.4. The van der Waals surface area contributed by atoms with Crippen molar-refractivity contribution < 1.29 is 14.3 Å². The second-order valence-electron chi connectivity index (χ2n) is 6.75. The summed E-state index contributed by atoms with van der Waals surface area (Å²) in [4.78, 5) is 31.9. The van der Waals surface area contributed by atoms with Crippen molar-refractivity contribution in [3.63, 3.8) is 0 Å². The van der Waals surface area contributed by atoms with Gasteiger partial charge < -0.3 is 15.0 Å². The van der Waals surface area contributed by atoms with Gasteiger partial charge in [0, 0.05) is 22.3 Å². The maximum Gasteiger partial charge on any atom is 0.255 e. The second-order valence-corrected chi connectivity index (χ2v) is 8.61. The van der Waals surface area contributed by atoms with Gasteiger partial charge in [0.2, 0.25) is 5.91 Å². The van der Waals surface area contributed by atoms with Crippen LogP contribution in [0.3, 0.4) is 0 Å². The van der Waals surface area contributed by atoms with Crippen LogP contribution in [0.1, 0.15) is 16.1 Å². The third kappa shape index (κ3) is 4.49. The Morgan fingerprint density at radius 3 is 2.83 bits per heavy atom. The Morgan fingerprint density at radius 2 is 2.03 bits per heavy atom. The van der Waals surface area contributed by atoms with Gasteiger partial charge in [-0.25, -0.2) is 4.98 Å². The summed E-state index contributed by atoms with van der Waals surface area (Å²) >= 11 is 3.12. The van der Waals surface area contributed by atoms with Gasteiger partial charge in [-0.05, 0) is 18.2 Å². The zero-order chi connectivity index (χ0) is 20.9. The van der Waals surface area contributed by atoms with Crippen molar-refractivity contribution in [2.45, 2.75) is 12.6 Å². The van der Waals surface area contributed by atoms with Crippen molar-refractivity contribution in [3.8, 4) is 16.3 Å². The fourth-order valence-corrected chi connectivity index (χ4v) is 5.16. The van der Waals surface area contributed by atoms with Crippen LogP contribution in [-0.4, -0.2) is 46.5 Å². The van der Waals surface area contributed by atoms with Gasteiger partial charge in [0.1, 0.15) is 16.8 Å². The number of hydrogen-bond acceptors (Lipinski definition) is 6. The molecule has 2 aromatic carbocycles. The number of rotatable bonds is 6. The van der Waals surface area contributed by atoms with Crippen LogP contribution in [0, 0.1) is 0 Å². The average Bonchev–Trinajstić information content (AvgIpc) is 3.47. The van der Waals surface area contributed by atoms with Crippen molar-refractivity contribution in [2.75, 3.05) is 18.7 Å². The first-order valence-electron chi connectivity index (χ1n) is 9.46. The zero-order valence-electron chi connectivity index (χ0n) is 16.4. The third-order valence-corrected chi connectivity index (χ3v) is 6.73. The van der Waals surface area contributed by atoms with Gasteiger partial charge in [0.05, 0.1) is 25.2 Å². The quantitative estimate of drug-likeness (QED) is 0.635. The van der Waals surface area contributed by atoms with Crippen molar-refractivity contribution in [2.24, 2.45) is 0 Å². The molecule has 154 valence electrons. The minimum absolute atomic E-state index is 0.162. The van der Waals surface area contributed by atoms with Gasteiger partial charge >= 0.3 is 0 Å². The molecule has 8 heteroatoms. The number of benzene rings is 2. The lowest BCUT2D eigenvalue weighted by molar-refractivity contribution is -0.124. The van der Waals surface area contributed by atoms with Gasteiger partial charge in [0.25, 0.3) is 5.91 Å². The Hall–Kier alpha value is -2.84. The highest BCUT2D eigenvalue weighted by Gasteiger charge is 2.35. The highest BCUT2D eigenvalue weighted by Crippen LogP contribution is 2.26. The Morgan fingerprint density at radius 1 is 1.20 bits per heavy atom. The molecule has 1 saturated heterocycles. The van der Waals surface area contributed by atoms with Crippen LogP contribution in [0.2, 0.25) is 0 Å². The third-order valence-electron chi connectivity index (χ3n) is 4.78. The van der Waals surface area contributed by atoms with E-state index in [9.17, 15) is 9.59 Å². The SMILES string of the molecule is COc1cccc(C(=O)N2CSC[C@@H]2C(=O)NCc2csc(-c3ccccc3)n2)c1. The van der Waals surface area contributed by atoms with E-state index in [2.05, 4.69) is 10.3 Å². The van der Waals surface area contributed by atoms with E-state index in [1.807, 2.05) is 35.7 Å². The van der Waals surface area contributed by atoms with Crippen LogP contribution in [0.5, 0.6) is 5.75 Å². The monoisotopic (exact) mass is 439 g/mol.